The van der Waals surface area contributed by atoms with Gasteiger partial charge < -0.3 is 15.5 Å². The minimum absolute atomic E-state index is 0.126. The number of fused-ring (bicyclic) bond motifs is 1. The molecule has 2 N–H and O–H groups in total. The molecule has 0 unspecified atom stereocenters. The maximum Gasteiger partial charge on any atom is 0.272 e. The van der Waals surface area contributed by atoms with Crippen molar-refractivity contribution in [1.82, 2.24) is 30.3 Å². The van der Waals surface area contributed by atoms with Crippen LogP contribution in [-0.4, -0.2) is 50.0 Å². The summed E-state index contributed by atoms with van der Waals surface area (Å²) in [5.41, 5.74) is 2.42. The van der Waals surface area contributed by atoms with Gasteiger partial charge in [0.1, 0.15) is 11.7 Å². The molecule has 3 amide bonds. The summed E-state index contributed by atoms with van der Waals surface area (Å²) in [4.78, 5) is 44.8. The summed E-state index contributed by atoms with van der Waals surface area (Å²) >= 11 is 0. The molecule has 2 aromatic heterocycles. The molecule has 1 aliphatic heterocycles. The van der Waals surface area contributed by atoms with E-state index in [4.69, 9.17) is 0 Å². The largest absolute Gasteiger partial charge is 0.350 e. The van der Waals surface area contributed by atoms with Gasteiger partial charge in [0.2, 0.25) is 5.91 Å². The number of rotatable bonds is 8. The first-order chi connectivity index (χ1) is 16.9. The minimum Gasteiger partial charge on any atom is -0.350 e. The monoisotopic (exact) mass is 474 g/mol. The highest BCUT2D eigenvalue weighted by Crippen LogP contribution is 2.17. The number of nitrogens with one attached hydrogen (secondary N) is 2. The normalized spacial score (nSPS) is 14.3. The van der Waals surface area contributed by atoms with Gasteiger partial charge in [-0.05, 0) is 29.5 Å². The van der Waals surface area contributed by atoms with Crippen molar-refractivity contribution >= 4 is 17.7 Å². The summed E-state index contributed by atoms with van der Waals surface area (Å²) in [5.74, 6) is -1.07. The van der Waals surface area contributed by atoms with Crippen molar-refractivity contribution in [2.24, 2.45) is 5.92 Å². The molecule has 0 aliphatic carbocycles. The zero-order valence-electron chi connectivity index (χ0n) is 20.0. The molecular weight excluding hydrogens is 444 g/mol. The fourth-order valence-electron chi connectivity index (χ4n) is 4.05. The van der Waals surface area contributed by atoms with Gasteiger partial charge in [-0.3, -0.25) is 24.0 Å². The van der Waals surface area contributed by atoms with Crippen molar-refractivity contribution in [3.63, 3.8) is 0 Å². The summed E-state index contributed by atoms with van der Waals surface area (Å²) in [7, 11) is 0. The number of pyridine rings is 1. The summed E-state index contributed by atoms with van der Waals surface area (Å²) in [6.07, 6.45) is 4.08. The molecule has 3 aromatic rings. The molecule has 0 saturated carbocycles. The minimum atomic E-state index is -0.744. The van der Waals surface area contributed by atoms with Gasteiger partial charge in [-0.1, -0.05) is 50.2 Å². The molecule has 3 heterocycles. The van der Waals surface area contributed by atoms with Gasteiger partial charge >= 0.3 is 0 Å². The second-order valence-corrected chi connectivity index (χ2v) is 8.98. The molecule has 35 heavy (non-hydrogen) atoms. The maximum absolute atomic E-state index is 13.2. The molecular formula is C26H30N6O3. The second-order valence-electron chi connectivity index (χ2n) is 8.98. The van der Waals surface area contributed by atoms with Gasteiger partial charge in [0.25, 0.3) is 11.8 Å². The predicted molar refractivity (Wildman–Crippen MR) is 130 cm³/mol. The smallest absolute Gasteiger partial charge is 0.272 e. The molecule has 1 aliphatic rings. The first-order valence-electron chi connectivity index (χ1n) is 11.8. The fraction of sp³-hybridized carbons (Fsp3) is 0.346. The third kappa shape index (κ3) is 5.92. The summed E-state index contributed by atoms with van der Waals surface area (Å²) < 4.78 is 1.59. The van der Waals surface area contributed by atoms with E-state index in [0.29, 0.717) is 31.9 Å². The number of aromatic nitrogens is 3. The van der Waals surface area contributed by atoms with E-state index in [2.05, 4.69) is 20.7 Å². The molecule has 0 fully saturated rings. The van der Waals surface area contributed by atoms with E-state index < -0.39 is 11.9 Å². The standard InChI is InChI=1S/C26H30N6O3/c1-18(2)23(25(34)28-16-20-10-6-11-27-15-20)29-24(33)21-14-22-26(35)31(12-7-13-32(22)30-21)17-19-8-4-3-5-9-19/h3-6,8-11,14-15,18,23H,7,12-13,16-17H2,1-2H3,(H,28,34)(H,29,33)/t23-/m0/s1. The van der Waals surface area contributed by atoms with Crippen molar-refractivity contribution in [2.45, 2.75) is 45.9 Å². The quantitative estimate of drug-likeness (QED) is 0.521. The molecule has 9 heteroatoms. The SMILES string of the molecule is CC(C)[C@H](NC(=O)c1cc2n(n1)CCCN(Cc1ccccc1)C2=O)C(=O)NCc1cccnc1. The van der Waals surface area contributed by atoms with Gasteiger partial charge in [-0.25, -0.2) is 0 Å². The number of amides is 3. The number of benzene rings is 1. The van der Waals surface area contributed by atoms with Crippen LogP contribution < -0.4 is 10.6 Å². The van der Waals surface area contributed by atoms with Gasteiger partial charge in [-0.15, -0.1) is 0 Å². The van der Waals surface area contributed by atoms with Crippen LogP contribution >= 0.6 is 0 Å². The summed E-state index contributed by atoms with van der Waals surface area (Å²) in [6.45, 7) is 5.70. The maximum atomic E-state index is 13.2. The van der Waals surface area contributed by atoms with Gasteiger partial charge in [0.05, 0.1) is 0 Å². The predicted octanol–water partition coefficient (Wildman–Crippen LogP) is 2.39. The highest BCUT2D eigenvalue weighted by atomic mass is 16.2. The lowest BCUT2D eigenvalue weighted by molar-refractivity contribution is -0.124. The van der Waals surface area contributed by atoms with Crippen molar-refractivity contribution in [3.05, 3.63) is 83.4 Å². The molecule has 9 nitrogen and oxygen atoms in total. The van der Waals surface area contributed by atoms with Crippen LogP contribution in [0.4, 0.5) is 0 Å². The van der Waals surface area contributed by atoms with E-state index >= 15 is 0 Å². The second kappa shape index (κ2) is 10.9. The molecule has 4 rings (SSSR count). The number of carbonyl (C=O) groups is 3. The van der Waals surface area contributed by atoms with E-state index in [1.165, 1.54) is 6.07 Å². The summed E-state index contributed by atoms with van der Waals surface area (Å²) in [5, 5.41) is 10.0. The number of nitrogens with zero attached hydrogens (tertiary/aromatic N) is 4. The molecule has 0 spiro atoms. The number of carbonyl (C=O) groups excluding carboxylic acids is 3. The molecule has 0 saturated heterocycles. The first-order valence-corrected chi connectivity index (χ1v) is 11.8. The topological polar surface area (TPSA) is 109 Å². The van der Waals surface area contributed by atoms with E-state index in [0.717, 1.165) is 17.5 Å². The van der Waals surface area contributed by atoms with E-state index in [-0.39, 0.29) is 23.4 Å². The average Bonchev–Trinajstić information content (AvgIpc) is 3.24. The van der Waals surface area contributed by atoms with Crippen molar-refractivity contribution in [2.75, 3.05) is 6.54 Å². The highest BCUT2D eigenvalue weighted by Gasteiger charge is 2.29. The Bertz CT molecular complexity index is 1180. The lowest BCUT2D eigenvalue weighted by atomic mass is 10.0. The Kier molecular flexibility index (Phi) is 7.54. The molecule has 1 aromatic carbocycles. The van der Waals surface area contributed by atoms with E-state index in [1.54, 1.807) is 28.0 Å². The zero-order valence-corrected chi connectivity index (χ0v) is 20.0. The lowest BCUT2D eigenvalue weighted by Crippen LogP contribution is -2.49. The summed E-state index contributed by atoms with van der Waals surface area (Å²) in [6, 6.07) is 14.2. The molecule has 0 radical (unpaired) electrons. The Balaban J connectivity index is 1.44. The molecule has 1 atom stereocenters. The lowest BCUT2D eigenvalue weighted by Gasteiger charge is -2.21. The van der Waals surface area contributed by atoms with Gasteiger partial charge in [0.15, 0.2) is 5.69 Å². The third-order valence-corrected chi connectivity index (χ3v) is 5.96. The van der Waals surface area contributed by atoms with Crippen LogP contribution in [0.1, 0.15) is 52.4 Å². The zero-order chi connectivity index (χ0) is 24.8. The first kappa shape index (κ1) is 24.1. The van der Waals surface area contributed by atoms with E-state index in [9.17, 15) is 14.4 Å². The Labute approximate surface area is 204 Å². The number of hydrogen-bond donors (Lipinski definition) is 2. The van der Waals surface area contributed by atoms with Crippen LogP contribution in [0.3, 0.4) is 0 Å². The van der Waals surface area contributed by atoms with Crippen molar-refractivity contribution in [3.8, 4) is 0 Å². The Morgan fingerprint density at radius 2 is 1.83 bits per heavy atom. The Morgan fingerprint density at radius 3 is 2.54 bits per heavy atom. The number of hydrogen-bond acceptors (Lipinski definition) is 5. The fourth-order valence-corrected chi connectivity index (χ4v) is 4.05. The molecule has 182 valence electrons. The van der Waals surface area contributed by atoms with Crippen LogP contribution in [0.25, 0.3) is 0 Å². The highest BCUT2D eigenvalue weighted by molar-refractivity contribution is 5.99. The van der Waals surface area contributed by atoms with Crippen LogP contribution in [0.5, 0.6) is 0 Å². The third-order valence-electron chi connectivity index (χ3n) is 5.96. The van der Waals surface area contributed by atoms with Gasteiger partial charge in [-0.2, -0.15) is 5.10 Å². The van der Waals surface area contributed by atoms with Crippen LogP contribution in [0, 0.1) is 5.92 Å². The molecule has 0 bridgehead atoms. The van der Waals surface area contributed by atoms with Crippen molar-refractivity contribution in [1.29, 1.82) is 0 Å². The number of aryl methyl sites for hydroxylation is 1. The Morgan fingerprint density at radius 1 is 1.06 bits per heavy atom. The van der Waals surface area contributed by atoms with Crippen LogP contribution in [-0.2, 0) is 24.4 Å². The van der Waals surface area contributed by atoms with E-state index in [1.807, 2.05) is 50.2 Å². The van der Waals surface area contributed by atoms with Crippen LogP contribution in [0.15, 0.2) is 60.9 Å². The van der Waals surface area contributed by atoms with Crippen molar-refractivity contribution < 1.29 is 14.4 Å². The van der Waals surface area contributed by atoms with Gasteiger partial charge in [0, 0.05) is 44.6 Å². The Hall–Kier alpha value is -4.01. The average molecular weight is 475 g/mol. The van der Waals surface area contributed by atoms with Crippen LogP contribution in [0.2, 0.25) is 0 Å².